The van der Waals surface area contributed by atoms with Crippen LogP contribution in [0, 0.1) is 0 Å². The molecule has 5 nitrogen and oxygen atoms in total. The standard InChI is InChI=1S/C45H25N3O2S/c1-2-12-26(13-3-1)43-46-44(48-45(47-43)34-21-9-19-32-28-15-5-7-25-38(28)51-42(32)34)33-20-11-24-37-40(33)39-29(16-10-23-36(39)49-37)31-18-8-17-30-27-14-4-6-22-35(27)50-41(30)31/h1-25H. The van der Waals surface area contributed by atoms with E-state index in [1.807, 2.05) is 66.7 Å². The second-order valence-corrected chi connectivity index (χ2v) is 13.7. The van der Waals surface area contributed by atoms with Crippen molar-refractivity contribution < 1.29 is 8.83 Å². The van der Waals surface area contributed by atoms with E-state index in [0.29, 0.717) is 17.5 Å². The Bertz CT molecular complexity index is 3160. The lowest BCUT2D eigenvalue weighted by molar-refractivity contribution is 0.668. The van der Waals surface area contributed by atoms with Crippen molar-refractivity contribution in [2.75, 3.05) is 0 Å². The summed E-state index contributed by atoms with van der Waals surface area (Å²) in [6.07, 6.45) is 0. The molecular formula is C45H25N3O2S. The Morgan fingerprint density at radius 3 is 1.78 bits per heavy atom. The third kappa shape index (κ3) is 4.30. The first kappa shape index (κ1) is 28.2. The Morgan fingerprint density at radius 2 is 0.941 bits per heavy atom. The molecule has 0 unspecified atom stereocenters. The maximum atomic E-state index is 6.57. The summed E-state index contributed by atoms with van der Waals surface area (Å²) in [6.45, 7) is 0. The number of benzene rings is 7. The van der Waals surface area contributed by atoms with Crippen molar-refractivity contribution in [3.05, 3.63) is 152 Å². The number of hydrogen-bond donors (Lipinski definition) is 0. The summed E-state index contributed by atoms with van der Waals surface area (Å²) in [4.78, 5) is 15.5. The minimum Gasteiger partial charge on any atom is -0.456 e. The molecule has 0 saturated carbocycles. The molecule has 0 N–H and O–H groups in total. The maximum Gasteiger partial charge on any atom is 0.165 e. The highest BCUT2D eigenvalue weighted by Crippen LogP contribution is 2.45. The van der Waals surface area contributed by atoms with E-state index in [-0.39, 0.29) is 0 Å². The number of fused-ring (bicyclic) bond motifs is 9. The average molecular weight is 672 g/mol. The lowest BCUT2D eigenvalue weighted by atomic mass is 9.95. The highest BCUT2D eigenvalue weighted by atomic mass is 32.1. The zero-order valence-electron chi connectivity index (χ0n) is 27.0. The van der Waals surface area contributed by atoms with Crippen molar-refractivity contribution in [3.63, 3.8) is 0 Å². The van der Waals surface area contributed by atoms with E-state index >= 15 is 0 Å². The monoisotopic (exact) mass is 671 g/mol. The van der Waals surface area contributed by atoms with Gasteiger partial charge in [0, 0.05) is 64.0 Å². The number of para-hydroxylation sites is 2. The van der Waals surface area contributed by atoms with Gasteiger partial charge in [0.05, 0.1) is 0 Å². The molecule has 0 atom stereocenters. The highest BCUT2D eigenvalue weighted by molar-refractivity contribution is 7.26. The van der Waals surface area contributed by atoms with Gasteiger partial charge in [-0.15, -0.1) is 11.3 Å². The summed E-state index contributed by atoms with van der Waals surface area (Å²) >= 11 is 1.77. The summed E-state index contributed by atoms with van der Waals surface area (Å²) < 4.78 is 15.5. The smallest absolute Gasteiger partial charge is 0.165 e. The number of furan rings is 2. The lowest BCUT2D eigenvalue weighted by Crippen LogP contribution is -2.00. The fraction of sp³-hybridized carbons (Fsp3) is 0. The van der Waals surface area contributed by atoms with Crippen molar-refractivity contribution in [1.29, 1.82) is 0 Å². The maximum absolute atomic E-state index is 6.57. The summed E-state index contributed by atoms with van der Waals surface area (Å²) in [5, 5.41) is 6.55. The minimum atomic E-state index is 0.585. The van der Waals surface area contributed by atoms with Crippen LogP contribution in [0.1, 0.15) is 0 Å². The topological polar surface area (TPSA) is 65.0 Å². The Morgan fingerprint density at radius 1 is 0.373 bits per heavy atom. The SMILES string of the molecule is c1ccc(-c2nc(-c3cccc4c3sc3ccccc34)nc(-c3cccc4oc5cccc(-c6cccc7c6oc6ccccc67)c5c34)n2)cc1. The van der Waals surface area contributed by atoms with Gasteiger partial charge >= 0.3 is 0 Å². The fourth-order valence-corrected chi connectivity index (χ4v) is 8.70. The van der Waals surface area contributed by atoms with Gasteiger partial charge in [0.2, 0.25) is 0 Å². The molecule has 51 heavy (non-hydrogen) atoms. The number of hydrogen-bond acceptors (Lipinski definition) is 6. The molecule has 4 heterocycles. The van der Waals surface area contributed by atoms with Gasteiger partial charge < -0.3 is 8.83 Å². The molecule has 11 rings (SSSR count). The largest absolute Gasteiger partial charge is 0.456 e. The van der Waals surface area contributed by atoms with Crippen LogP contribution in [-0.2, 0) is 0 Å². The molecule has 4 aromatic heterocycles. The number of rotatable bonds is 4. The molecule has 0 aliphatic heterocycles. The average Bonchev–Trinajstić information content (AvgIpc) is 3.89. The highest BCUT2D eigenvalue weighted by Gasteiger charge is 2.22. The Kier molecular flexibility index (Phi) is 6.05. The first-order chi connectivity index (χ1) is 25.3. The first-order valence-corrected chi connectivity index (χ1v) is 17.7. The van der Waals surface area contributed by atoms with Crippen LogP contribution in [0.25, 0.3) is 109 Å². The molecule has 0 fully saturated rings. The molecule has 0 saturated heterocycles. The van der Waals surface area contributed by atoms with E-state index in [1.165, 1.54) is 15.5 Å². The summed E-state index contributed by atoms with van der Waals surface area (Å²) in [6, 6.07) is 51.9. The van der Waals surface area contributed by atoms with Gasteiger partial charge in [0.15, 0.2) is 17.5 Å². The van der Waals surface area contributed by atoms with Gasteiger partial charge in [0.1, 0.15) is 22.3 Å². The minimum absolute atomic E-state index is 0.585. The van der Waals surface area contributed by atoms with Crippen molar-refractivity contribution in [3.8, 4) is 45.3 Å². The predicted octanol–water partition coefficient (Wildman–Crippen LogP) is 12.7. The summed E-state index contributed by atoms with van der Waals surface area (Å²) in [5.74, 6) is 1.83. The second kappa shape index (κ2) is 10.9. The van der Waals surface area contributed by atoms with Gasteiger partial charge in [-0.3, -0.25) is 0 Å². The van der Waals surface area contributed by atoms with Crippen LogP contribution < -0.4 is 0 Å². The molecular weight excluding hydrogens is 647 g/mol. The predicted molar refractivity (Wildman–Crippen MR) is 209 cm³/mol. The number of thiophene rings is 1. The van der Waals surface area contributed by atoms with Crippen LogP contribution in [0.5, 0.6) is 0 Å². The van der Waals surface area contributed by atoms with E-state index in [2.05, 4.69) is 84.9 Å². The van der Waals surface area contributed by atoms with Gasteiger partial charge in [0.25, 0.3) is 0 Å². The van der Waals surface area contributed by atoms with E-state index in [9.17, 15) is 0 Å². The number of aromatic nitrogens is 3. The van der Waals surface area contributed by atoms with Crippen LogP contribution in [0.3, 0.4) is 0 Å². The Labute approximate surface area is 295 Å². The van der Waals surface area contributed by atoms with Crippen molar-refractivity contribution in [2.45, 2.75) is 0 Å². The molecule has 0 radical (unpaired) electrons. The van der Waals surface area contributed by atoms with Crippen LogP contribution >= 0.6 is 11.3 Å². The molecule has 0 aliphatic rings. The van der Waals surface area contributed by atoms with Crippen molar-refractivity contribution in [1.82, 2.24) is 15.0 Å². The quantitative estimate of drug-likeness (QED) is 0.186. The number of nitrogens with zero attached hydrogens (tertiary/aromatic N) is 3. The first-order valence-electron chi connectivity index (χ1n) is 16.9. The molecule has 6 heteroatoms. The zero-order chi connectivity index (χ0) is 33.5. The van der Waals surface area contributed by atoms with E-state index < -0.39 is 0 Å². The van der Waals surface area contributed by atoms with Gasteiger partial charge in [-0.1, -0.05) is 121 Å². The van der Waals surface area contributed by atoms with Crippen LogP contribution in [0.4, 0.5) is 0 Å². The van der Waals surface area contributed by atoms with E-state index in [4.69, 9.17) is 23.8 Å². The Hall–Kier alpha value is -6.63. The zero-order valence-corrected chi connectivity index (χ0v) is 27.8. The molecule has 0 spiro atoms. The second-order valence-electron chi connectivity index (χ2n) is 12.7. The molecule has 0 aliphatic carbocycles. The third-order valence-corrected chi connectivity index (χ3v) is 11.0. The third-order valence-electron chi connectivity index (χ3n) is 9.77. The Balaban J connectivity index is 1.20. The summed E-state index contributed by atoms with van der Waals surface area (Å²) in [5.41, 5.74) is 8.08. The van der Waals surface area contributed by atoms with Gasteiger partial charge in [-0.05, 0) is 35.9 Å². The molecule has 0 bridgehead atoms. The normalized spacial score (nSPS) is 11.9. The van der Waals surface area contributed by atoms with Crippen LogP contribution in [0.2, 0.25) is 0 Å². The molecule has 11 aromatic rings. The van der Waals surface area contributed by atoms with E-state index in [0.717, 1.165) is 76.4 Å². The molecule has 238 valence electrons. The van der Waals surface area contributed by atoms with Gasteiger partial charge in [-0.25, -0.2) is 15.0 Å². The van der Waals surface area contributed by atoms with Crippen molar-refractivity contribution in [2.24, 2.45) is 0 Å². The lowest BCUT2D eigenvalue weighted by Gasteiger charge is -2.10. The van der Waals surface area contributed by atoms with Gasteiger partial charge in [-0.2, -0.15) is 0 Å². The molecule has 0 amide bonds. The fourth-order valence-electron chi connectivity index (χ4n) is 7.49. The van der Waals surface area contributed by atoms with Crippen LogP contribution in [-0.4, -0.2) is 15.0 Å². The van der Waals surface area contributed by atoms with Crippen LogP contribution in [0.15, 0.2) is 160 Å². The van der Waals surface area contributed by atoms with E-state index in [1.54, 1.807) is 11.3 Å². The summed E-state index contributed by atoms with van der Waals surface area (Å²) in [7, 11) is 0. The molecule has 7 aromatic carbocycles. The van der Waals surface area contributed by atoms with Crippen molar-refractivity contribution >= 4 is 75.4 Å².